The average Bonchev–Trinajstić information content (AvgIpc) is 2.82. The minimum atomic E-state index is -0.338. The van der Waals surface area contributed by atoms with E-state index in [1.165, 1.54) is 11.6 Å². The van der Waals surface area contributed by atoms with Crippen molar-refractivity contribution in [2.75, 3.05) is 23.4 Å². The maximum atomic E-state index is 14.5. The maximum Gasteiger partial charge on any atom is 0.306 e. The van der Waals surface area contributed by atoms with Crippen LogP contribution in [0.1, 0.15) is 36.6 Å². The van der Waals surface area contributed by atoms with Crippen LogP contribution in [0.25, 0.3) is 0 Å². The Morgan fingerprint density at radius 2 is 2.12 bits per heavy atom. The molecule has 1 aliphatic heterocycles. The third-order valence-corrected chi connectivity index (χ3v) is 5.99. The topological polar surface area (TPSA) is 67.3 Å². The Hall–Kier alpha value is -3.00. The number of anilines is 3. The predicted molar refractivity (Wildman–Crippen MR) is 130 cm³/mol. The van der Waals surface area contributed by atoms with E-state index in [0.29, 0.717) is 30.8 Å². The van der Waals surface area contributed by atoms with Gasteiger partial charge in [0.2, 0.25) is 0 Å². The van der Waals surface area contributed by atoms with Gasteiger partial charge in [-0.25, -0.2) is 14.4 Å². The first-order valence-electron chi connectivity index (χ1n) is 11.1. The van der Waals surface area contributed by atoms with Gasteiger partial charge in [-0.15, -0.1) is 0 Å². The number of rotatable bonds is 8. The van der Waals surface area contributed by atoms with Gasteiger partial charge in [-0.3, -0.25) is 4.79 Å². The fraction of sp³-hybridized carbons (Fsp3) is 0.320. The molecule has 0 bridgehead atoms. The minimum Gasteiger partial charge on any atom is -0.466 e. The lowest BCUT2D eigenvalue weighted by atomic mass is 10.0. The van der Waals surface area contributed by atoms with Gasteiger partial charge in [0.15, 0.2) is 0 Å². The summed E-state index contributed by atoms with van der Waals surface area (Å²) in [4.78, 5) is 23.1. The summed E-state index contributed by atoms with van der Waals surface area (Å²) in [6.07, 6.45) is 4.31. The van der Waals surface area contributed by atoms with Crippen molar-refractivity contribution in [1.82, 2.24) is 9.97 Å². The van der Waals surface area contributed by atoms with Crippen LogP contribution in [0.15, 0.2) is 53.1 Å². The molecule has 33 heavy (non-hydrogen) atoms. The summed E-state index contributed by atoms with van der Waals surface area (Å²) in [5.74, 6) is 1.15. The number of nitrogens with zero attached hydrogens (tertiary/aromatic N) is 3. The summed E-state index contributed by atoms with van der Waals surface area (Å²) in [5.41, 5.74) is 3.23. The summed E-state index contributed by atoms with van der Waals surface area (Å²) in [6, 6.07) is 13.1. The number of esters is 1. The Morgan fingerprint density at radius 3 is 2.88 bits per heavy atom. The van der Waals surface area contributed by atoms with Crippen LogP contribution in [0.3, 0.4) is 0 Å². The van der Waals surface area contributed by atoms with Gasteiger partial charge in [0.1, 0.15) is 17.5 Å². The number of halogens is 2. The second-order valence-electron chi connectivity index (χ2n) is 7.84. The first-order valence-corrected chi connectivity index (χ1v) is 11.9. The zero-order valence-corrected chi connectivity index (χ0v) is 20.1. The number of nitrogens with one attached hydrogen (secondary N) is 1. The van der Waals surface area contributed by atoms with Gasteiger partial charge < -0.3 is 15.0 Å². The van der Waals surface area contributed by atoms with Gasteiger partial charge in [0, 0.05) is 29.3 Å². The van der Waals surface area contributed by atoms with Gasteiger partial charge in [-0.2, -0.15) is 0 Å². The monoisotopic (exact) mass is 512 g/mol. The van der Waals surface area contributed by atoms with Crippen molar-refractivity contribution in [2.45, 2.75) is 39.2 Å². The summed E-state index contributed by atoms with van der Waals surface area (Å²) in [5, 5.41) is 3.25. The molecule has 6 nitrogen and oxygen atoms in total. The smallest absolute Gasteiger partial charge is 0.306 e. The number of hydrogen-bond acceptors (Lipinski definition) is 6. The van der Waals surface area contributed by atoms with Gasteiger partial charge in [0.05, 0.1) is 18.8 Å². The lowest BCUT2D eigenvalue weighted by Gasteiger charge is -2.29. The fourth-order valence-corrected chi connectivity index (χ4v) is 4.09. The van der Waals surface area contributed by atoms with Crippen LogP contribution in [-0.2, 0) is 28.9 Å². The number of aromatic nitrogens is 2. The highest BCUT2D eigenvalue weighted by Gasteiger charge is 2.21. The molecule has 0 unspecified atom stereocenters. The molecule has 172 valence electrons. The van der Waals surface area contributed by atoms with Crippen molar-refractivity contribution in [1.29, 1.82) is 0 Å². The SMILES string of the molecule is CCOC(=O)CCc1ccc(NCc2ccc3c(n2)N(c2ccc(Br)cn2)CCC3)cc1F. The second-order valence-corrected chi connectivity index (χ2v) is 8.76. The van der Waals surface area contributed by atoms with E-state index in [4.69, 9.17) is 9.72 Å². The maximum absolute atomic E-state index is 14.5. The molecule has 0 spiro atoms. The average molecular weight is 513 g/mol. The highest BCUT2D eigenvalue weighted by Crippen LogP contribution is 2.31. The number of carbonyl (C=O) groups is 1. The molecule has 1 aromatic carbocycles. The van der Waals surface area contributed by atoms with Crippen molar-refractivity contribution in [3.05, 3.63) is 75.8 Å². The lowest BCUT2D eigenvalue weighted by Crippen LogP contribution is -2.27. The molecule has 8 heteroatoms. The number of benzene rings is 1. The van der Waals surface area contributed by atoms with E-state index in [1.807, 2.05) is 24.3 Å². The van der Waals surface area contributed by atoms with Gasteiger partial charge in [-0.1, -0.05) is 12.1 Å². The van der Waals surface area contributed by atoms with Gasteiger partial charge in [-0.05, 0) is 83.6 Å². The molecule has 0 saturated carbocycles. The number of aryl methyl sites for hydroxylation is 2. The first-order chi connectivity index (χ1) is 16.0. The van der Waals surface area contributed by atoms with Crippen molar-refractivity contribution in [2.24, 2.45) is 0 Å². The van der Waals surface area contributed by atoms with Crippen LogP contribution in [0, 0.1) is 5.82 Å². The summed E-state index contributed by atoms with van der Waals surface area (Å²) < 4.78 is 20.3. The van der Waals surface area contributed by atoms with E-state index < -0.39 is 0 Å². The number of hydrogen-bond donors (Lipinski definition) is 1. The molecule has 0 fully saturated rings. The normalized spacial score (nSPS) is 12.9. The molecule has 3 heterocycles. The molecule has 2 aromatic heterocycles. The number of carbonyl (C=O) groups excluding carboxylic acids is 1. The van der Waals surface area contributed by atoms with Crippen molar-refractivity contribution >= 4 is 39.2 Å². The number of pyridine rings is 2. The fourth-order valence-electron chi connectivity index (χ4n) is 3.85. The summed E-state index contributed by atoms with van der Waals surface area (Å²) >= 11 is 3.43. The van der Waals surface area contributed by atoms with Crippen LogP contribution < -0.4 is 10.2 Å². The highest BCUT2D eigenvalue weighted by molar-refractivity contribution is 9.10. The molecule has 0 atom stereocenters. The zero-order valence-electron chi connectivity index (χ0n) is 18.5. The summed E-state index contributed by atoms with van der Waals surface area (Å²) in [6.45, 7) is 3.42. The molecule has 0 saturated heterocycles. The molecule has 1 N–H and O–H groups in total. The molecule has 0 amide bonds. The lowest BCUT2D eigenvalue weighted by molar-refractivity contribution is -0.143. The van der Waals surface area contributed by atoms with E-state index in [0.717, 1.165) is 41.2 Å². The van der Waals surface area contributed by atoms with Gasteiger partial charge >= 0.3 is 5.97 Å². The third-order valence-electron chi connectivity index (χ3n) is 5.52. The molecule has 4 rings (SSSR count). The van der Waals surface area contributed by atoms with E-state index in [9.17, 15) is 9.18 Å². The Bertz CT molecular complexity index is 1120. The Morgan fingerprint density at radius 1 is 1.24 bits per heavy atom. The Labute approximate surface area is 201 Å². The van der Waals surface area contributed by atoms with Crippen LogP contribution in [0.2, 0.25) is 0 Å². The Kier molecular flexibility index (Phi) is 7.54. The molecular weight excluding hydrogens is 487 g/mol. The van der Waals surface area contributed by atoms with E-state index >= 15 is 0 Å². The third kappa shape index (κ3) is 5.87. The van der Waals surface area contributed by atoms with Crippen LogP contribution in [0.5, 0.6) is 0 Å². The van der Waals surface area contributed by atoms with Crippen LogP contribution in [-0.4, -0.2) is 29.1 Å². The largest absolute Gasteiger partial charge is 0.466 e. The second kappa shape index (κ2) is 10.7. The van der Waals surface area contributed by atoms with Crippen molar-refractivity contribution in [3.63, 3.8) is 0 Å². The molecule has 3 aromatic rings. The molecular formula is C25H26BrFN4O2. The minimum absolute atomic E-state index is 0.167. The van der Waals surface area contributed by atoms with E-state index in [-0.39, 0.29) is 18.2 Å². The van der Waals surface area contributed by atoms with E-state index in [2.05, 4.69) is 37.2 Å². The standard InChI is InChI=1S/C25H26BrFN4O2/c1-2-33-24(32)12-7-17-5-9-20(14-22(17)27)28-16-21-10-6-18-4-3-13-31(25(18)30-21)23-11-8-19(26)15-29-23/h5-6,8-11,14-15,28H,2-4,7,12-13,16H2,1H3. The highest BCUT2D eigenvalue weighted by atomic mass is 79.9. The number of fused-ring (bicyclic) bond motifs is 1. The summed E-state index contributed by atoms with van der Waals surface area (Å²) in [7, 11) is 0. The molecule has 1 aliphatic rings. The van der Waals surface area contributed by atoms with E-state index in [1.54, 1.807) is 19.2 Å². The molecule has 0 aliphatic carbocycles. The van der Waals surface area contributed by atoms with Gasteiger partial charge in [0.25, 0.3) is 0 Å². The predicted octanol–water partition coefficient (Wildman–Crippen LogP) is 5.57. The van der Waals surface area contributed by atoms with Crippen LogP contribution >= 0.6 is 15.9 Å². The Balaban J connectivity index is 1.43. The van der Waals surface area contributed by atoms with Crippen molar-refractivity contribution < 1.29 is 13.9 Å². The van der Waals surface area contributed by atoms with Crippen LogP contribution in [0.4, 0.5) is 21.7 Å². The quantitative estimate of drug-likeness (QED) is 0.398. The number of ether oxygens (including phenoxy) is 1. The van der Waals surface area contributed by atoms with Crippen molar-refractivity contribution in [3.8, 4) is 0 Å². The zero-order chi connectivity index (χ0) is 23.2. The first kappa shape index (κ1) is 23.2. The molecule has 0 radical (unpaired) electrons.